The van der Waals surface area contributed by atoms with E-state index in [0.29, 0.717) is 18.0 Å². The van der Waals surface area contributed by atoms with E-state index in [9.17, 15) is 4.79 Å². The molecule has 1 aromatic carbocycles. The SMILES string of the molecule is CCCNC(=O)N1CCCC1c1ccc(OC)c(OC)c1. The Morgan fingerprint density at radius 3 is 2.76 bits per heavy atom. The van der Waals surface area contributed by atoms with Crippen molar-refractivity contribution in [2.45, 2.75) is 32.2 Å². The molecule has 21 heavy (non-hydrogen) atoms. The minimum absolute atomic E-state index is 0.0223. The Labute approximate surface area is 126 Å². The number of hydrogen-bond donors (Lipinski definition) is 1. The van der Waals surface area contributed by atoms with E-state index in [-0.39, 0.29) is 12.1 Å². The average molecular weight is 292 g/mol. The number of rotatable bonds is 5. The lowest BCUT2D eigenvalue weighted by Gasteiger charge is -2.26. The van der Waals surface area contributed by atoms with Crippen molar-refractivity contribution in [2.75, 3.05) is 27.3 Å². The normalized spacial score (nSPS) is 17.7. The molecule has 116 valence electrons. The van der Waals surface area contributed by atoms with Gasteiger partial charge in [0.25, 0.3) is 0 Å². The summed E-state index contributed by atoms with van der Waals surface area (Å²) in [5, 5.41) is 2.96. The zero-order valence-electron chi connectivity index (χ0n) is 13.0. The maximum atomic E-state index is 12.2. The number of urea groups is 1. The molecule has 1 atom stereocenters. The van der Waals surface area contributed by atoms with Crippen LogP contribution in [0, 0.1) is 0 Å². The minimum atomic E-state index is 0.0223. The number of nitrogens with zero attached hydrogens (tertiary/aromatic N) is 1. The third-order valence-corrected chi connectivity index (χ3v) is 3.83. The monoisotopic (exact) mass is 292 g/mol. The largest absolute Gasteiger partial charge is 0.493 e. The van der Waals surface area contributed by atoms with Gasteiger partial charge in [-0.1, -0.05) is 13.0 Å². The summed E-state index contributed by atoms with van der Waals surface area (Å²) in [7, 11) is 3.25. The van der Waals surface area contributed by atoms with Crippen LogP contribution in [0.1, 0.15) is 37.8 Å². The first kappa shape index (κ1) is 15.5. The van der Waals surface area contributed by atoms with Crippen LogP contribution in [0.25, 0.3) is 0 Å². The van der Waals surface area contributed by atoms with E-state index in [0.717, 1.165) is 31.4 Å². The highest BCUT2D eigenvalue weighted by Gasteiger charge is 2.30. The molecule has 0 radical (unpaired) electrons. The quantitative estimate of drug-likeness (QED) is 0.907. The number of methoxy groups -OCH3 is 2. The Balaban J connectivity index is 2.17. The van der Waals surface area contributed by atoms with E-state index in [1.54, 1.807) is 14.2 Å². The van der Waals surface area contributed by atoms with Crippen LogP contribution in [-0.2, 0) is 0 Å². The zero-order valence-corrected chi connectivity index (χ0v) is 13.0. The molecule has 0 spiro atoms. The molecule has 1 fully saturated rings. The fraction of sp³-hybridized carbons (Fsp3) is 0.562. The molecule has 2 rings (SSSR count). The molecule has 1 heterocycles. The lowest BCUT2D eigenvalue weighted by Crippen LogP contribution is -2.39. The van der Waals surface area contributed by atoms with E-state index >= 15 is 0 Å². The van der Waals surface area contributed by atoms with E-state index < -0.39 is 0 Å². The molecule has 1 unspecified atom stereocenters. The fourth-order valence-electron chi connectivity index (χ4n) is 2.75. The molecular weight excluding hydrogens is 268 g/mol. The number of ether oxygens (including phenoxy) is 2. The molecule has 1 aliphatic rings. The van der Waals surface area contributed by atoms with Crippen molar-refractivity contribution in [3.63, 3.8) is 0 Å². The second kappa shape index (κ2) is 7.20. The summed E-state index contributed by atoms with van der Waals surface area (Å²) in [6.45, 7) is 3.57. The molecule has 1 aliphatic heterocycles. The van der Waals surface area contributed by atoms with Crippen molar-refractivity contribution in [3.8, 4) is 11.5 Å². The van der Waals surface area contributed by atoms with Crippen molar-refractivity contribution in [3.05, 3.63) is 23.8 Å². The summed E-state index contributed by atoms with van der Waals surface area (Å²) in [6, 6.07) is 6.01. The number of nitrogens with one attached hydrogen (secondary N) is 1. The van der Waals surface area contributed by atoms with Gasteiger partial charge in [-0.2, -0.15) is 0 Å². The van der Waals surface area contributed by atoms with Gasteiger partial charge in [0.2, 0.25) is 0 Å². The van der Waals surface area contributed by atoms with Gasteiger partial charge in [-0.3, -0.25) is 0 Å². The number of benzene rings is 1. The predicted octanol–water partition coefficient (Wildman–Crippen LogP) is 2.96. The summed E-state index contributed by atoms with van der Waals surface area (Å²) in [6.07, 6.45) is 2.95. The van der Waals surface area contributed by atoms with Gasteiger partial charge in [-0.25, -0.2) is 4.79 Å². The predicted molar refractivity (Wildman–Crippen MR) is 81.9 cm³/mol. The molecule has 0 aromatic heterocycles. The number of hydrogen-bond acceptors (Lipinski definition) is 3. The lowest BCUT2D eigenvalue weighted by atomic mass is 10.0. The van der Waals surface area contributed by atoms with Gasteiger partial charge in [0.15, 0.2) is 11.5 Å². The highest BCUT2D eigenvalue weighted by atomic mass is 16.5. The van der Waals surface area contributed by atoms with Crippen LogP contribution in [0.15, 0.2) is 18.2 Å². The molecule has 2 amide bonds. The first-order chi connectivity index (χ1) is 10.2. The van der Waals surface area contributed by atoms with Gasteiger partial charge in [0.1, 0.15) is 0 Å². The first-order valence-electron chi connectivity index (χ1n) is 7.47. The van der Waals surface area contributed by atoms with E-state index in [1.165, 1.54) is 0 Å². The number of amides is 2. The minimum Gasteiger partial charge on any atom is -0.493 e. The summed E-state index contributed by atoms with van der Waals surface area (Å²) < 4.78 is 10.6. The molecular formula is C16H24N2O3. The average Bonchev–Trinajstić information content (AvgIpc) is 3.01. The van der Waals surface area contributed by atoms with Crippen LogP contribution in [0.3, 0.4) is 0 Å². The van der Waals surface area contributed by atoms with Crippen LogP contribution in [0.4, 0.5) is 4.79 Å². The second-order valence-electron chi connectivity index (χ2n) is 5.20. The Morgan fingerprint density at radius 2 is 2.10 bits per heavy atom. The second-order valence-corrected chi connectivity index (χ2v) is 5.20. The van der Waals surface area contributed by atoms with E-state index in [4.69, 9.17) is 9.47 Å². The smallest absolute Gasteiger partial charge is 0.317 e. The third-order valence-electron chi connectivity index (χ3n) is 3.83. The Hall–Kier alpha value is -1.91. The van der Waals surface area contributed by atoms with Gasteiger partial charge in [0, 0.05) is 13.1 Å². The number of carbonyl (C=O) groups is 1. The Kier molecular flexibility index (Phi) is 5.31. The molecule has 1 aromatic rings. The maximum absolute atomic E-state index is 12.2. The van der Waals surface area contributed by atoms with Gasteiger partial charge in [-0.15, -0.1) is 0 Å². The first-order valence-corrected chi connectivity index (χ1v) is 7.47. The van der Waals surface area contributed by atoms with Crippen LogP contribution in [-0.4, -0.2) is 38.2 Å². The van der Waals surface area contributed by atoms with Crippen molar-refractivity contribution < 1.29 is 14.3 Å². The van der Waals surface area contributed by atoms with Crippen LogP contribution >= 0.6 is 0 Å². The Bertz CT molecular complexity index is 490. The standard InChI is InChI=1S/C16H24N2O3/c1-4-9-17-16(19)18-10-5-6-13(18)12-7-8-14(20-2)15(11-12)21-3/h7-8,11,13H,4-6,9-10H2,1-3H3,(H,17,19). The van der Waals surface area contributed by atoms with Crippen LogP contribution in [0.2, 0.25) is 0 Å². The maximum Gasteiger partial charge on any atom is 0.317 e. The summed E-state index contributed by atoms with van der Waals surface area (Å²) in [5.41, 5.74) is 1.09. The van der Waals surface area contributed by atoms with Crippen molar-refractivity contribution in [1.82, 2.24) is 10.2 Å². The number of carbonyl (C=O) groups excluding carboxylic acids is 1. The zero-order chi connectivity index (χ0) is 15.2. The summed E-state index contributed by atoms with van der Waals surface area (Å²) >= 11 is 0. The van der Waals surface area contributed by atoms with Crippen LogP contribution < -0.4 is 14.8 Å². The highest BCUT2D eigenvalue weighted by Crippen LogP contribution is 2.36. The van der Waals surface area contributed by atoms with Gasteiger partial charge in [0.05, 0.1) is 20.3 Å². The molecule has 1 N–H and O–H groups in total. The lowest BCUT2D eigenvalue weighted by molar-refractivity contribution is 0.193. The molecule has 0 bridgehead atoms. The van der Waals surface area contributed by atoms with Gasteiger partial charge < -0.3 is 19.7 Å². The highest BCUT2D eigenvalue weighted by molar-refractivity contribution is 5.75. The summed E-state index contributed by atoms with van der Waals surface area (Å²) in [4.78, 5) is 14.1. The molecule has 1 saturated heterocycles. The van der Waals surface area contributed by atoms with Gasteiger partial charge >= 0.3 is 6.03 Å². The van der Waals surface area contributed by atoms with Crippen molar-refractivity contribution >= 4 is 6.03 Å². The molecule has 5 nitrogen and oxygen atoms in total. The molecule has 0 aliphatic carbocycles. The fourth-order valence-corrected chi connectivity index (χ4v) is 2.75. The molecule has 0 saturated carbocycles. The Morgan fingerprint density at radius 1 is 1.33 bits per heavy atom. The number of likely N-dealkylation sites (tertiary alicyclic amines) is 1. The van der Waals surface area contributed by atoms with E-state index in [2.05, 4.69) is 12.2 Å². The van der Waals surface area contributed by atoms with Crippen molar-refractivity contribution in [2.24, 2.45) is 0 Å². The van der Waals surface area contributed by atoms with Crippen LogP contribution in [0.5, 0.6) is 11.5 Å². The topological polar surface area (TPSA) is 50.8 Å². The molecule has 5 heteroatoms. The summed E-state index contributed by atoms with van der Waals surface area (Å²) in [5.74, 6) is 1.41. The van der Waals surface area contributed by atoms with Crippen molar-refractivity contribution in [1.29, 1.82) is 0 Å². The van der Waals surface area contributed by atoms with Gasteiger partial charge in [-0.05, 0) is 37.0 Å². The van der Waals surface area contributed by atoms with E-state index in [1.807, 2.05) is 23.1 Å². The third kappa shape index (κ3) is 3.40.